The smallest absolute Gasteiger partial charge is 0.340 e. The van der Waals surface area contributed by atoms with Crippen LogP contribution in [0.1, 0.15) is 27.1 Å². The number of carbonyl (C=O) groups excluding carboxylic acids is 4. The summed E-state index contributed by atoms with van der Waals surface area (Å²) >= 11 is 0. The highest BCUT2D eigenvalue weighted by molar-refractivity contribution is 6.24. The summed E-state index contributed by atoms with van der Waals surface area (Å²) in [7, 11) is 0. The Morgan fingerprint density at radius 1 is 0.970 bits per heavy atom. The molecule has 9 nitrogen and oxygen atoms in total. The molecule has 0 aromatic heterocycles. The number of hydrogen-bond acceptors (Lipinski definition) is 7. The van der Waals surface area contributed by atoms with E-state index < -0.39 is 35.1 Å². The fourth-order valence-corrected chi connectivity index (χ4v) is 5.04. The molecule has 4 atom stereocenters. The fourth-order valence-electron chi connectivity index (χ4n) is 5.04. The van der Waals surface area contributed by atoms with Crippen LogP contribution in [-0.2, 0) is 14.3 Å². The Bertz CT molecular complexity index is 1200. The van der Waals surface area contributed by atoms with E-state index in [1.165, 1.54) is 36.4 Å². The van der Waals surface area contributed by atoms with Gasteiger partial charge in [0.25, 0.3) is 5.69 Å². The molecule has 2 fully saturated rings. The number of nitro groups is 1. The van der Waals surface area contributed by atoms with E-state index in [9.17, 15) is 29.3 Å². The molecule has 1 saturated carbocycles. The largest absolute Gasteiger partial charge is 0.454 e. The molecule has 5 rings (SSSR count). The Morgan fingerprint density at radius 2 is 1.58 bits per heavy atom. The number of rotatable bonds is 6. The van der Waals surface area contributed by atoms with E-state index in [1.807, 2.05) is 12.2 Å². The Balaban J connectivity index is 1.32. The number of allylic oxidation sites excluding steroid dienone is 2. The third kappa shape index (κ3) is 3.32. The monoisotopic (exact) mass is 446 g/mol. The van der Waals surface area contributed by atoms with Crippen LogP contribution in [-0.4, -0.2) is 35.1 Å². The summed E-state index contributed by atoms with van der Waals surface area (Å²) in [6.45, 7) is -0.591. The molecule has 2 aromatic rings. The average molecular weight is 446 g/mol. The number of esters is 1. The van der Waals surface area contributed by atoms with Crippen molar-refractivity contribution in [1.29, 1.82) is 0 Å². The normalized spacial score (nSPS) is 24.8. The van der Waals surface area contributed by atoms with Crippen molar-refractivity contribution in [2.45, 2.75) is 6.42 Å². The number of fused-ring (bicyclic) bond motifs is 5. The van der Waals surface area contributed by atoms with Gasteiger partial charge in [0.1, 0.15) is 0 Å². The predicted molar refractivity (Wildman–Crippen MR) is 114 cm³/mol. The maximum absolute atomic E-state index is 13.1. The van der Waals surface area contributed by atoms with Gasteiger partial charge in [-0.3, -0.25) is 24.5 Å². The first-order valence-corrected chi connectivity index (χ1v) is 10.5. The third-order valence-electron chi connectivity index (χ3n) is 6.57. The molecule has 33 heavy (non-hydrogen) atoms. The first-order valence-electron chi connectivity index (χ1n) is 10.5. The van der Waals surface area contributed by atoms with E-state index in [2.05, 4.69) is 0 Å². The van der Waals surface area contributed by atoms with Gasteiger partial charge >= 0.3 is 5.97 Å². The number of hydrogen-bond donors (Lipinski definition) is 0. The zero-order chi connectivity index (χ0) is 23.3. The first-order chi connectivity index (χ1) is 15.9. The van der Waals surface area contributed by atoms with Gasteiger partial charge in [0.2, 0.25) is 11.8 Å². The van der Waals surface area contributed by atoms with E-state index in [0.29, 0.717) is 0 Å². The summed E-state index contributed by atoms with van der Waals surface area (Å²) in [6, 6.07) is 11.1. The summed E-state index contributed by atoms with van der Waals surface area (Å²) in [4.78, 5) is 62.6. The predicted octanol–water partition coefficient (Wildman–Crippen LogP) is 2.95. The van der Waals surface area contributed by atoms with Crippen LogP contribution in [0.3, 0.4) is 0 Å². The Morgan fingerprint density at radius 3 is 2.18 bits per heavy atom. The molecule has 0 radical (unpaired) electrons. The van der Waals surface area contributed by atoms with Crippen molar-refractivity contribution in [2.24, 2.45) is 23.7 Å². The van der Waals surface area contributed by atoms with E-state index in [4.69, 9.17) is 4.74 Å². The van der Waals surface area contributed by atoms with Gasteiger partial charge in [-0.2, -0.15) is 0 Å². The number of anilines is 1. The highest BCUT2D eigenvalue weighted by Crippen LogP contribution is 2.53. The van der Waals surface area contributed by atoms with Crippen LogP contribution < -0.4 is 4.90 Å². The van der Waals surface area contributed by atoms with E-state index >= 15 is 0 Å². The lowest BCUT2D eigenvalue weighted by atomic mass is 9.85. The summed E-state index contributed by atoms with van der Waals surface area (Å²) in [5.41, 5.74) is 0.151. The van der Waals surface area contributed by atoms with Crippen LogP contribution in [0, 0.1) is 33.8 Å². The van der Waals surface area contributed by atoms with Gasteiger partial charge in [0.05, 0.1) is 28.0 Å². The van der Waals surface area contributed by atoms with Gasteiger partial charge in [-0.25, -0.2) is 9.69 Å². The van der Waals surface area contributed by atoms with Crippen LogP contribution in [0.5, 0.6) is 0 Å². The second-order valence-electron chi connectivity index (χ2n) is 8.33. The molecular weight excluding hydrogens is 428 g/mol. The molecule has 9 heteroatoms. The molecule has 0 spiro atoms. The molecule has 166 valence electrons. The minimum absolute atomic E-state index is 0.0102. The highest BCUT2D eigenvalue weighted by Gasteiger charge is 2.59. The number of imide groups is 1. The number of ketones is 1. The van der Waals surface area contributed by atoms with Gasteiger partial charge in [0.15, 0.2) is 12.4 Å². The molecule has 2 aromatic carbocycles. The molecule has 1 saturated heterocycles. The third-order valence-corrected chi connectivity index (χ3v) is 6.57. The van der Waals surface area contributed by atoms with E-state index in [1.54, 1.807) is 12.1 Å². The molecule has 0 N–H and O–H groups in total. The van der Waals surface area contributed by atoms with Crippen LogP contribution in [0.4, 0.5) is 11.4 Å². The number of amides is 2. The van der Waals surface area contributed by atoms with Gasteiger partial charge in [-0.1, -0.05) is 24.3 Å². The number of Topliss-reactive ketones (excluding diaryl/α,β-unsaturated/α-hetero) is 1. The number of non-ortho nitro benzene ring substituents is 1. The van der Waals surface area contributed by atoms with Crippen molar-refractivity contribution in [1.82, 2.24) is 0 Å². The molecule has 2 bridgehead atoms. The van der Waals surface area contributed by atoms with Gasteiger partial charge < -0.3 is 4.74 Å². The van der Waals surface area contributed by atoms with Crippen molar-refractivity contribution in [3.63, 3.8) is 0 Å². The summed E-state index contributed by atoms with van der Waals surface area (Å²) in [5, 5.41) is 10.7. The number of nitrogens with zero attached hydrogens (tertiary/aromatic N) is 2. The van der Waals surface area contributed by atoms with Gasteiger partial charge in [-0.05, 0) is 42.5 Å². The van der Waals surface area contributed by atoms with Gasteiger partial charge in [-0.15, -0.1) is 0 Å². The van der Waals surface area contributed by atoms with E-state index in [-0.39, 0.29) is 46.2 Å². The lowest BCUT2D eigenvalue weighted by molar-refractivity contribution is -0.384. The number of nitro benzene ring substituents is 1. The average Bonchev–Trinajstić information content (AvgIpc) is 3.51. The van der Waals surface area contributed by atoms with Crippen molar-refractivity contribution in [3.05, 3.63) is 81.9 Å². The van der Waals surface area contributed by atoms with Crippen molar-refractivity contribution < 1.29 is 28.8 Å². The standard InChI is InChI=1S/C24H18N2O7/c27-19(13-7-9-16(10-8-13)26(31)32)12-33-24(30)17-3-1-2-4-18(17)25-22(28)20-14-5-6-15(11-14)21(20)23(25)29/h1-10,14-15,20-21H,11-12H2/t14-,15-,20-,21-/m0/s1. The Hall–Kier alpha value is -4.14. The van der Waals surface area contributed by atoms with Crippen LogP contribution in [0.15, 0.2) is 60.7 Å². The van der Waals surface area contributed by atoms with Crippen LogP contribution in [0.2, 0.25) is 0 Å². The maximum Gasteiger partial charge on any atom is 0.340 e. The quantitative estimate of drug-likeness (QED) is 0.167. The lowest BCUT2D eigenvalue weighted by Crippen LogP contribution is -2.34. The first kappa shape index (κ1) is 20.7. The molecule has 1 heterocycles. The molecule has 3 aliphatic rings. The lowest BCUT2D eigenvalue weighted by Gasteiger charge is -2.19. The topological polar surface area (TPSA) is 124 Å². The van der Waals surface area contributed by atoms with Crippen molar-refractivity contribution in [2.75, 3.05) is 11.5 Å². The zero-order valence-electron chi connectivity index (χ0n) is 17.2. The number of para-hydroxylation sites is 1. The molecule has 1 aliphatic heterocycles. The second-order valence-corrected chi connectivity index (χ2v) is 8.33. The summed E-state index contributed by atoms with van der Waals surface area (Å²) < 4.78 is 5.16. The van der Waals surface area contributed by atoms with Crippen molar-refractivity contribution in [3.8, 4) is 0 Å². The van der Waals surface area contributed by atoms with Crippen LogP contribution in [0.25, 0.3) is 0 Å². The minimum Gasteiger partial charge on any atom is -0.454 e. The highest BCUT2D eigenvalue weighted by atomic mass is 16.6. The summed E-state index contributed by atoms with van der Waals surface area (Å²) in [6.07, 6.45) is 4.78. The SMILES string of the molecule is O=C(COC(=O)c1ccccc1N1C(=O)[C@@H]2[C@@H](C1=O)[C@H]1C=C[C@H]2C1)c1ccc([N+](=O)[O-])cc1. The Kier molecular flexibility index (Phi) is 4.88. The Labute approximate surface area is 187 Å². The van der Waals surface area contributed by atoms with E-state index in [0.717, 1.165) is 11.3 Å². The molecule has 2 aliphatic carbocycles. The number of carbonyl (C=O) groups is 4. The molecule has 2 amide bonds. The minimum atomic E-state index is -0.848. The van der Waals surface area contributed by atoms with Crippen molar-refractivity contribution >= 4 is 34.9 Å². The second kappa shape index (κ2) is 7.77. The number of benzene rings is 2. The van der Waals surface area contributed by atoms with Gasteiger partial charge in [0, 0.05) is 17.7 Å². The maximum atomic E-state index is 13.1. The number of ether oxygens (including phenoxy) is 1. The summed E-state index contributed by atoms with van der Waals surface area (Å²) in [5.74, 6) is -2.74. The van der Waals surface area contributed by atoms with Crippen LogP contribution >= 0.6 is 0 Å². The fraction of sp³-hybridized carbons (Fsp3) is 0.250. The molecule has 0 unspecified atom stereocenters. The molecular formula is C24H18N2O7. The zero-order valence-corrected chi connectivity index (χ0v) is 17.2.